The zero-order valence-corrected chi connectivity index (χ0v) is 16.2. The van der Waals surface area contributed by atoms with Gasteiger partial charge in [0.2, 0.25) is 0 Å². The fourth-order valence-electron chi connectivity index (χ4n) is 3.06. The molecule has 0 bridgehead atoms. The average molecular weight is 388 g/mol. The smallest absolute Gasteiger partial charge is 0.332 e. The zero-order valence-electron chi connectivity index (χ0n) is 19.2. The van der Waals surface area contributed by atoms with Gasteiger partial charge in [0.25, 0.3) is 5.56 Å². The topological polar surface area (TPSA) is 80.3 Å². The van der Waals surface area contributed by atoms with Gasteiger partial charge in [0.1, 0.15) is 5.82 Å². The van der Waals surface area contributed by atoms with Crippen LogP contribution in [0.25, 0.3) is 23.3 Å². The van der Waals surface area contributed by atoms with E-state index in [1.807, 2.05) is 0 Å². The lowest BCUT2D eigenvalue weighted by Crippen LogP contribution is -2.39. The third kappa shape index (κ3) is 3.11. The predicted octanol–water partition coefficient (Wildman–Crippen LogP) is 2.12. The summed E-state index contributed by atoms with van der Waals surface area (Å²) in [6, 6.07) is 5.22. The van der Waals surface area contributed by atoms with Crippen molar-refractivity contribution in [3.8, 4) is 11.5 Å². The highest BCUT2D eigenvalue weighted by Crippen LogP contribution is 2.28. The highest BCUT2D eigenvalue weighted by Gasteiger charge is 2.17. The number of hydrogen-bond acceptors (Lipinski definition) is 5. The van der Waals surface area contributed by atoms with Crippen molar-refractivity contribution < 1.29 is 13.6 Å². The van der Waals surface area contributed by atoms with E-state index < -0.39 is 18.2 Å². The monoisotopic (exact) mass is 388 g/mol. The van der Waals surface area contributed by atoms with Crippen molar-refractivity contribution in [2.24, 2.45) is 6.98 Å². The first-order valence-electron chi connectivity index (χ1n) is 10.3. The van der Waals surface area contributed by atoms with E-state index in [0.29, 0.717) is 17.1 Å². The molecule has 0 unspecified atom stereocenters. The first kappa shape index (κ1) is 15.7. The molecule has 8 nitrogen and oxygen atoms in total. The second kappa shape index (κ2) is 7.75. The Hall–Kier alpha value is -3.29. The average Bonchev–Trinajstić information content (AvgIpc) is 3.12. The van der Waals surface area contributed by atoms with Crippen LogP contribution in [-0.4, -0.2) is 32.9 Å². The largest absolute Gasteiger partial charge is 0.493 e. The van der Waals surface area contributed by atoms with Gasteiger partial charge in [-0.25, -0.2) is 9.78 Å². The van der Waals surface area contributed by atoms with E-state index in [4.69, 9.17) is 13.6 Å². The van der Waals surface area contributed by atoms with Gasteiger partial charge in [-0.2, -0.15) is 0 Å². The number of fused-ring (bicyclic) bond motifs is 1. The lowest BCUT2D eigenvalue weighted by Gasteiger charge is -2.08. The van der Waals surface area contributed by atoms with Gasteiger partial charge in [-0.1, -0.05) is 12.1 Å². The van der Waals surface area contributed by atoms with Gasteiger partial charge in [0.15, 0.2) is 22.7 Å². The minimum Gasteiger partial charge on any atom is -0.493 e. The Kier molecular flexibility index (Phi) is 4.36. The summed E-state index contributed by atoms with van der Waals surface area (Å²) in [5, 5.41) is 0. The molecule has 0 amide bonds. The lowest BCUT2D eigenvalue weighted by atomic mass is 10.2. The number of rotatable bonds is 6. The summed E-state index contributed by atoms with van der Waals surface area (Å²) < 4.78 is 37.6. The number of methoxy groups -OCH3 is 2. The van der Waals surface area contributed by atoms with Gasteiger partial charge in [0.05, 0.1) is 14.2 Å². The number of hydrogen-bond donors (Lipinski definition) is 0. The number of aryl methyl sites for hydroxylation is 2. The number of nitrogens with zero attached hydrogens (tertiary/aromatic N) is 4. The molecule has 8 heteroatoms. The summed E-state index contributed by atoms with van der Waals surface area (Å²) in [5.41, 5.74) is -0.573. The van der Waals surface area contributed by atoms with E-state index in [1.54, 1.807) is 38.1 Å². The molecule has 0 atom stereocenters. The number of imidazole rings is 1. The van der Waals surface area contributed by atoms with E-state index in [-0.39, 0.29) is 30.1 Å². The van der Waals surface area contributed by atoms with Gasteiger partial charge in [-0.05, 0) is 37.6 Å². The molecule has 28 heavy (non-hydrogen) atoms. The third-order valence-electron chi connectivity index (χ3n) is 4.52. The standard InChI is InChI=1S/C20H24N4O4/c1-6-23-18-17(19(25)24(7-2)20(23)26)22(3)16(21-18)11-9-13-8-10-14(27-4)15(12-13)28-5/h8-12H,6-7H2,1-5H3/b11-9+/i3+1D3. The summed E-state index contributed by atoms with van der Waals surface area (Å²) >= 11 is 0. The fourth-order valence-corrected chi connectivity index (χ4v) is 3.06. The maximum absolute atomic E-state index is 12.9. The van der Waals surface area contributed by atoms with E-state index in [1.165, 1.54) is 24.9 Å². The molecule has 2 aromatic heterocycles. The fraction of sp³-hybridized carbons (Fsp3) is 0.350. The summed E-state index contributed by atoms with van der Waals surface area (Å²) in [6.07, 6.45) is 3.14. The van der Waals surface area contributed by atoms with Crippen molar-refractivity contribution >= 4 is 23.3 Å². The summed E-state index contributed by atoms with van der Waals surface area (Å²) in [4.78, 5) is 29.9. The highest BCUT2D eigenvalue weighted by molar-refractivity contribution is 5.77. The van der Waals surface area contributed by atoms with Crippen molar-refractivity contribution in [2.75, 3.05) is 14.2 Å². The van der Waals surface area contributed by atoms with Gasteiger partial charge < -0.3 is 14.0 Å². The Labute approximate surface area is 166 Å². The lowest BCUT2D eigenvalue weighted by molar-refractivity contribution is 0.355. The Bertz CT molecular complexity index is 1270. The molecular weight excluding hydrogens is 361 g/mol. The van der Waals surface area contributed by atoms with Gasteiger partial charge in [-0.3, -0.25) is 13.9 Å². The molecular formula is C20H24N4O4. The summed E-state index contributed by atoms with van der Waals surface area (Å²) in [7, 11) is 3.05. The predicted molar refractivity (Wildman–Crippen MR) is 109 cm³/mol. The number of aromatic nitrogens is 4. The van der Waals surface area contributed by atoms with Gasteiger partial charge >= 0.3 is 5.69 Å². The van der Waals surface area contributed by atoms with Crippen molar-refractivity contribution in [1.29, 1.82) is 0 Å². The molecule has 0 aliphatic carbocycles. The van der Waals surface area contributed by atoms with Crippen LogP contribution >= 0.6 is 0 Å². The molecule has 0 saturated heterocycles. The van der Waals surface area contributed by atoms with Crippen molar-refractivity contribution in [1.82, 2.24) is 18.7 Å². The van der Waals surface area contributed by atoms with Crippen LogP contribution in [0.1, 0.15) is 29.3 Å². The number of benzene rings is 1. The zero-order chi connectivity index (χ0) is 22.9. The Morgan fingerprint density at radius 2 is 1.79 bits per heavy atom. The molecule has 3 aromatic rings. The molecule has 1 aromatic carbocycles. The molecule has 0 N–H and O–H groups in total. The van der Waals surface area contributed by atoms with Gasteiger partial charge in [-0.15, -0.1) is 0 Å². The van der Waals surface area contributed by atoms with Crippen molar-refractivity contribution in [3.63, 3.8) is 0 Å². The Morgan fingerprint density at radius 1 is 1.07 bits per heavy atom. The van der Waals surface area contributed by atoms with Crippen molar-refractivity contribution in [2.45, 2.75) is 26.9 Å². The van der Waals surface area contributed by atoms with Crippen LogP contribution in [0.5, 0.6) is 11.5 Å². The van der Waals surface area contributed by atoms with Crippen LogP contribution < -0.4 is 20.7 Å². The minimum atomic E-state index is -2.67. The van der Waals surface area contributed by atoms with Crippen LogP contribution in [0.4, 0.5) is 0 Å². The molecule has 0 fully saturated rings. The Balaban J connectivity index is 2.28. The van der Waals surface area contributed by atoms with Crippen LogP contribution in [0.2, 0.25) is 0 Å². The van der Waals surface area contributed by atoms with E-state index in [2.05, 4.69) is 4.98 Å². The first-order chi connectivity index (χ1) is 14.7. The van der Waals surface area contributed by atoms with E-state index in [9.17, 15) is 9.59 Å². The molecule has 0 saturated carbocycles. The van der Waals surface area contributed by atoms with Gasteiger partial charge in [0, 0.05) is 24.2 Å². The van der Waals surface area contributed by atoms with E-state index in [0.717, 1.165) is 9.13 Å². The molecule has 0 radical (unpaired) electrons. The minimum absolute atomic E-state index is 0.0392. The molecule has 2 heterocycles. The molecule has 0 aliphatic rings. The maximum atomic E-state index is 12.9. The molecule has 3 rings (SSSR count). The third-order valence-corrected chi connectivity index (χ3v) is 4.52. The van der Waals surface area contributed by atoms with E-state index >= 15 is 0 Å². The van der Waals surface area contributed by atoms with Crippen LogP contribution in [0.15, 0.2) is 27.8 Å². The van der Waals surface area contributed by atoms with Crippen LogP contribution in [0.3, 0.4) is 0 Å². The second-order valence-electron chi connectivity index (χ2n) is 6.00. The first-order valence-corrected chi connectivity index (χ1v) is 8.84. The quantitative estimate of drug-likeness (QED) is 0.605. The van der Waals surface area contributed by atoms with Crippen LogP contribution in [-0.2, 0) is 20.1 Å². The SMILES string of the molecule is [2H][13C]([2H])([2H])n1c(/C=C/c2ccc(OC)c(OC)c2)nc2c1c(=O)n(CC)c(=O)n2CC. The van der Waals surface area contributed by atoms with Crippen molar-refractivity contribution in [3.05, 3.63) is 50.4 Å². The molecule has 0 aliphatic heterocycles. The van der Waals surface area contributed by atoms with Crippen LogP contribution in [0, 0.1) is 0 Å². The summed E-state index contributed by atoms with van der Waals surface area (Å²) in [6.45, 7) is 1.08. The second-order valence-corrected chi connectivity index (χ2v) is 6.00. The molecule has 0 spiro atoms. The molecule has 148 valence electrons. The Morgan fingerprint density at radius 3 is 2.39 bits per heavy atom. The highest BCUT2D eigenvalue weighted by atomic mass is 16.5. The summed E-state index contributed by atoms with van der Waals surface area (Å²) in [5.74, 6) is 1.11. The maximum Gasteiger partial charge on any atom is 0.332 e. The number of ether oxygens (including phenoxy) is 2. The normalized spacial score (nSPS) is 13.5.